The Labute approximate surface area is 219 Å². The molecule has 8 nitrogen and oxygen atoms in total. The number of carboxylic acid groups (broad SMARTS) is 1. The van der Waals surface area contributed by atoms with Gasteiger partial charge in [-0.1, -0.05) is 42.5 Å². The number of carbonyl (C=O) groups is 2. The standard InChI is InChI=1S/C30H25N3O5/c1-16-10-11-19(14-17(16)2)25-24(38-3)13-12-22-26(25)31-29(35)27(22)33-32-23-9-5-8-21(28(23)34)18-6-4-7-20(15-18)30(36)37/h4-15,32,34H,1-3H3,(H,36,37)(H,31,33,35). The predicted molar refractivity (Wildman–Crippen MR) is 147 cm³/mol. The predicted octanol–water partition coefficient (Wildman–Crippen LogP) is 5.82. The highest BCUT2D eigenvalue weighted by molar-refractivity contribution is 6.54. The zero-order valence-corrected chi connectivity index (χ0v) is 21.0. The minimum Gasteiger partial charge on any atom is -0.505 e. The Morgan fingerprint density at radius 2 is 1.71 bits per heavy atom. The van der Waals surface area contributed by atoms with Crippen LogP contribution in [0.2, 0.25) is 0 Å². The first-order valence-electron chi connectivity index (χ1n) is 11.9. The molecule has 1 aliphatic heterocycles. The fraction of sp³-hybridized carbons (Fsp3) is 0.100. The van der Waals surface area contributed by atoms with E-state index in [0.29, 0.717) is 28.1 Å². The number of rotatable bonds is 6. The second kappa shape index (κ2) is 9.74. The maximum Gasteiger partial charge on any atom is 0.335 e. The van der Waals surface area contributed by atoms with E-state index in [0.717, 1.165) is 22.3 Å². The summed E-state index contributed by atoms with van der Waals surface area (Å²) >= 11 is 0. The van der Waals surface area contributed by atoms with E-state index >= 15 is 0 Å². The number of carbonyl (C=O) groups excluding carboxylic acids is 1. The number of anilines is 2. The quantitative estimate of drug-likeness (QED) is 0.193. The zero-order valence-electron chi connectivity index (χ0n) is 21.0. The molecule has 4 N–H and O–H groups in total. The van der Waals surface area contributed by atoms with Crippen molar-refractivity contribution in [1.82, 2.24) is 0 Å². The Morgan fingerprint density at radius 3 is 2.45 bits per heavy atom. The number of phenolic OH excluding ortho intramolecular Hbond substituents is 1. The van der Waals surface area contributed by atoms with E-state index in [4.69, 9.17) is 4.74 Å². The minimum atomic E-state index is -1.06. The van der Waals surface area contributed by atoms with Crippen LogP contribution in [0, 0.1) is 13.8 Å². The number of carboxylic acids is 1. The lowest BCUT2D eigenvalue weighted by atomic mass is 9.96. The molecule has 0 saturated heterocycles. The van der Waals surface area contributed by atoms with Crippen molar-refractivity contribution in [2.24, 2.45) is 5.10 Å². The first-order valence-corrected chi connectivity index (χ1v) is 11.9. The molecule has 8 heteroatoms. The number of hydrogen-bond acceptors (Lipinski definition) is 6. The molecule has 1 aliphatic rings. The van der Waals surface area contributed by atoms with Crippen LogP contribution in [0.15, 0.2) is 77.9 Å². The lowest BCUT2D eigenvalue weighted by Gasteiger charge is -2.14. The van der Waals surface area contributed by atoms with Gasteiger partial charge in [0.1, 0.15) is 11.5 Å². The topological polar surface area (TPSA) is 120 Å². The van der Waals surface area contributed by atoms with Crippen LogP contribution in [0.3, 0.4) is 0 Å². The van der Waals surface area contributed by atoms with E-state index in [2.05, 4.69) is 21.9 Å². The highest BCUT2D eigenvalue weighted by Crippen LogP contribution is 2.42. The van der Waals surface area contributed by atoms with E-state index in [-0.39, 0.29) is 22.7 Å². The highest BCUT2D eigenvalue weighted by Gasteiger charge is 2.31. The molecule has 0 fully saturated rings. The van der Waals surface area contributed by atoms with Crippen molar-refractivity contribution in [2.45, 2.75) is 13.8 Å². The number of aromatic hydroxyl groups is 1. The number of hydrogen-bond donors (Lipinski definition) is 4. The van der Waals surface area contributed by atoms with E-state index in [1.54, 1.807) is 49.6 Å². The normalized spacial score (nSPS) is 13.2. The van der Waals surface area contributed by atoms with Crippen molar-refractivity contribution >= 4 is 29.0 Å². The van der Waals surface area contributed by atoms with Crippen molar-refractivity contribution in [3.05, 3.63) is 95.1 Å². The van der Waals surface area contributed by atoms with Gasteiger partial charge in [-0.15, -0.1) is 0 Å². The smallest absolute Gasteiger partial charge is 0.335 e. The van der Waals surface area contributed by atoms with Gasteiger partial charge >= 0.3 is 5.97 Å². The number of ether oxygens (including phenoxy) is 1. The first-order chi connectivity index (χ1) is 18.3. The molecule has 0 unspecified atom stereocenters. The van der Waals surface area contributed by atoms with Gasteiger partial charge in [0.15, 0.2) is 5.71 Å². The van der Waals surface area contributed by atoms with E-state index in [1.807, 2.05) is 26.0 Å². The number of benzene rings is 4. The Balaban J connectivity index is 1.53. The minimum absolute atomic E-state index is 0.106. The maximum absolute atomic E-state index is 13.0. The number of nitrogens with zero attached hydrogens (tertiary/aromatic N) is 1. The van der Waals surface area contributed by atoms with Crippen LogP contribution in [-0.2, 0) is 4.79 Å². The summed E-state index contributed by atoms with van der Waals surface area (Å²) in [7, 11) is 1.58. The highest BCUT2D eigenvalue weighted by atomic mass is 16.5. The molecule has 0 aliphatic carbocycles. The third-order valence-electron chi connectivity index (χ3n) is 6.64. The van der Waals surface area contributed by atoms with Crippen LogP contribution in [0.1, 0.15) is 27.0 Å². The molecular formula is C30H25N3O5. The Morgan fingerprint density at radius 1 is 0.921 bits per heavy atom. The number of aryl methyl sites for hydroxylation is 2. The van der Waals surface area contributed by atoms with E-state index in [9.17, 15) is 19.8 Å². The first kappa shape index (κ1) is 24.6. The van der Waals surface area contributed by atoms with Crippen molar-refractivity contribution in [2.75, 3.05) is 17.9 Å². The molecule has 0 atom stereocenters. The lowest BCUT2D eigenvalue weighted by Crippen LogP contribution is -2.16. The van der Waals surface area contributed by atoms with E-state index in [1.165, 1.54) is 12.1 Å². The molecule has 4 aromatic carbocycles. The number of hydrazone groups is 1. The second-order valence-electron chi connectivity index (χ2n) is 8.98. The third-order valence-corrected chi connectivity index (χ3v) is 6.64. The average molecular weight is 508 g/mol. The van der Waals surface area contributed by atoms with Crippen molar-refractivity contribution in [1.29, 1.82) is 0 Å². The molecule has 1 amide bonds. The van der Waals surface area contributed by atoms with Gasteiger partial charge in [-0.05, 0) is 66.4 Å². The maximum atomic E-state index is 13.0. The van der Waals surface area contributed by atoms with Gasteiger partial charge in [0, 0.05) is 16.7 Å². The fourth-order valence-electron chi connectivity index (χ4n) is 4.47. The van der Waals surface area contributed by atoms with Gasteiger partial charge in [-0.3, -0.25) is 10.2 Å². The number of para-hydroxylation sites is 1. The van der Waals surface area contributed by atoms with Gasteiger partial charge < -0.3 is 20.3 Å². The molecule has 0 spiro atoms. The van der Waals surface area contributed by atoms with Crippen LogP contribution in [-0.4, -0.2) is 34.9 Å². The summed E-state index contributed by atoms with van der Waals surface area (Å²) < 4.78 is 5.61. The van der Waals surface area contributed by atoms with Crippen molar-refractivity contribution in [3.8, 4) is 33.8 Å². The largest absolute Gasteiger partial charge is 0.505 e. The number of fused-ring (bicyclic) bond motifs is 1. The summed E-state index contributed by atoms with van der Waals surface area (Å²) in [5.74, 6) is -0.954. The molecule has 4 aromatic rings. The molecule has 38 heavy (non-hydrogen) atoms. The molecular weight excluding hydrogens is 482 g/mol. The second-order valence-corrected chi connectivity index (χ2v) is 8.98. The molecule has 0 radical (unpaired) electrons. The molecule has 0 aromatic heterocycles. The Kier molecular flexibility index (Phi) is 6.30. The van der Waals surface area contributed by atoms with Crippen LogP contribution in [0.25, 0.3) is 22.3 Å². The zero-order chi connectivity index (χ0) is 27.0. The van der Waals surface area contributed by atoms with Crippen LogP contribution in [0.5, 0.6) is 11.5 Å². The van der Waals surface area contributed by atoms with Crippen molar-refractivity contribution < 1.29 is 24.5 Å². The summed E-state index contributed by atoms with van der Waals surface area (Å²) in [5, 5.41) is 27.5. The summed E-state index contributed by atoms with van der Waals surface area (Å²) in [6.45, 7) is 4.07. The average Bonchev–Trinajstić information content (AvgIpc) is 3.23. The molecule has 0 saturated carbocycles. The summed E-state index contributed by atoms with van der Waals surface area (Å²) in [5.41, 5.74) is 9.44. The van der Waals surface area contributed by atoms with Crippen LogP contribution >= 0.6 is 0 Å². The van der Waals surface area contributed by atoms with Crippen LogP contribution in [0.4, 0.5) is 11.4 Å². The van der Waals surface area contributed by atoms with Gasteiger partial charge in [-0.25, -0.2) is 4.79 Å². The molecule has 190 valence electrons. The number of phenols is 1. The monoisotopic (exact) mass is 507 g/mol. The van der Waals surface area contributed by atoms with Crippen LogP contribution < -0.4 is 15.5 Å². The number of amides is 1. The summed E-state index contributed by atoms with van der Waals surface area (Å²) in [6.07, 6.45) is 0. The molecule has 0 bridgehead atoms. The van der Waals surface area contributed by atoms with Gasteiger partial charge in [0.2, 0.25) is 0 Å². The van der Waals surface area contributed by atoms with Gasteiger partial charge in [-0.2, -0.15) is 5.10 Å². The fourth-order valence-corrected chi connectivity index (χ4v) is 4.47. The third kappa shape index (κ3) is 4.32. The molecule has 5 rings (SSSR count). The lowest BCUT2D eigenvalue weighted by molar-refractivity contribution is -0.110. The Hall–Kier alpha value is -5.11. The summed E-state index contributed by atoms with van der Waals surface area (Å²) in [4.78, 5) is 24.4. The number of nitrogens with one attached hydrogen (secondary N) is 2. The SMILES string of the molecule is COc1ccc2c(c1-c1ccc(C)c(C)c1)NC(=O)C2=NNc1cccc(-c2cccc(C(=O)O)c2)c1O. The molecule has 1 heterocycles. The van der Waals surface area contributed by atoms with Crippen molar-refractivity contribution in [3.63, 3.8) is 0 Å². The number of methoxy groups -OCH3 is 1. The van der Waals surface area contributed by atoms with Gasteiger partial charge in [0.05, 0.1) is 24.0 Å². The summed E-state index contributed by atoms with van der Waals surface area (Å²) in [6, 6.07) is 20.9. The number of aromatic carboxylic acids is 1. The van der Waals surface area contributed by atoms with Gasteiger partial charge in [0.25, 0.3) is 5.91 Å². The Bertz CT molecular complexity index is 1640. The van der Waals surface area contributed by atoms with E-state index < -0.39 is 11.9 Å².